The Balaban J connectivity index is 1.47. The third kappa shape index (κ3) is 5.58. The maximum absolute atomic E-state index is 14.7. The van der Waals surface area contributed by atoms with Gasteiger partial charge in [-0.1, -0.05) is 53.6 Å². The minimum absolute atomic E-state index is 0.0743. The molecule has 0 atom stereocenters. The van der Waals surface area contributed by atoms with Crippen molar-refractivity contribution in [2.45, 2.75) is 19.7 Å². The molecular weight excluding hydrogens is 566 g/mol. The molecule has 2 aromatic heterocycles. The van der Waals surface area contributed by atoms with Gasteiger partial charge in [0, 0.05) is 16.1 Å². The molecule has 0 fully saturated rings. The van der Waals surface area contributed by atoms with Gasteiger partial charge in [-0.05, 0) is 79.2 Å². The van der Waals surface area contributed by atoms with Crippen molar-refractivity contribution in [2.75, 3.05) is 0 Å². The first-order valence-corrected chi connectivity index (χ1v) is 13.4. The van der Waals surface area contributed by atoms with Gasteiger partial charge in [0.1, 0.15) is 23.9 Å². The molecule has 6 rings (SSSR count). The lowest BCUT2D eigenvalue weighted by molar-refractivity contribution is -0.136. The van der Waals surface area contributed by atoms with Gasteiger partial charge in [0.05, 0.1) is 22.3 Å². The van der Waals surface area contributed by atoms with E-state index in [0.717, 1.165) is 17.2 Å². The van der Waals surface area contributed by atoms with Crippen molar-refractivity contribution >= 4 is 22.6 Å². The van der Waals surface area contributed by atoms with Crippen molar-refractivity contribution in [1.82, 2.24) is 14.8 Å². The first kappa shape index (κ1) is 27.5. The third-order valence-corrected chi connectivity index (χ3v) is 7.06. The number of halogens is 5. The molecule has 0 spiro atoms. The average Bonchev–Trinajstić information content (AvgIpc) is 3.36. The van der Waals surface area contributed by atoms with Crippen LogP contribution >= 0.6 is 11.6 Å². The average molecular weight is 588 g/mol. The standard InChI is InChI=1S/C33H22ClF4N3O/c1-20-2-14-26(15-3-20)41-32-30(31(40-41)23-6-10-24(34)11-7-23)28(33(36,37)38)18-29(39-32)22-8-16-27(17-9-22)42-19-21-4-12-25(35)13-5-21/h2-18H,19H2,1H3. The number of pyridine rings is 1. The van der Waals surface area contributed by atoms with Crippen LogP contribution in [0, 0.1) is 12.7 Å². The number of ether oxygens (including phenoxy) is 1. The van der Waals surface area contributed by atoms with Crippen molar-refractivity contribution in [3.05, 3.63) is 131 Å². The van der Waals surface area contributed by atoms with Crippen LogP contribution in [0.5, 0.6) is 5.75 Å². The molecule has 9 heteroatoms. The van der Waals surface area contributed by atoms with Crippen LogP contribution in [0.25, 0.3) is 39.2 Å². The van der Waals surface area contributed by atoms with Gasteiger partial charge >= 0.3 is 6.18 Å². The van der Waals surface area contributed by atoms with Crippen LogP contribution in [-0.2, 0) is 12.8 Å². The molecule has 0 amide bonds. The largest absolute Gasteiger partial charge is 0.489 e. The van der Waals surface area contributed by atoms with Crippen molar-refractivity contribution in [1.29, 1.82) is 0 Å². The van der Waals surface area contributed by atoms with Gasteiger partial charge in [0.15, 0.2) is 5.65 Å². The van der Waals surface area contributed by atoms with Crippen LogP contribution in [0.3, 0.4) is 0 Å². The fourth-order valence-corrected chi connectivity index (χ4v) is 4.76. The number of alkyl halides is 3. The molecule has 4 nitrogen and oxygen atoms in total. The number of aryl methyl sites for hydroxylation is 1. The summed E-state index contributed by atoms with van der Waals surface area (Å²) < 4.78 is 64.4. The molecule has 0 saturated heterocycles. The Morgan fingerprint density at radius 1 is 0.810 bits per heavy atom. The monoisotopic (exact) mass is 587 g/mol. The van der Waals surface area contributed by atoms with E-state index >= 15 is 0 Å². The van der Waals surface area contributed by atoms with E-state index < -0.39 is 11.7 Å². The predicted octanol–water partition coefficient (Wildman–Crippen LogP) is 9.45. The van der Waals surface area contributed by atoms with Gasteiger partial charge in [-0.3, -0.25) is 0 Å². The van der Waals surface area contributed by atoms with E-state index in [2.05, 4.69) is 5.10 Å². The molecule has 0 unspecified atom stereocenters. The van der Waals surface area contributed by atoms with E-state index in [9.17, 15) is 17.6 Å². The minimum Gasteiger partial charge on any atom is -0.489 e. The molecule has 0 N–H and O–H groups in total. The maximum atomic E-state index is 14.7. The molecule has 2 heterocycles. The van der Waals surface area contributed by atoms with E-state index in [4.69, 9.17) is 21.3 Å². The molecule has 6 aromatic rings. The molecule has 0 radical (unpaired) electrons. The number of rotatable bonds is 6. The fourth-order valence-electron chi connectivity index (χ4n) is 4.63. The van der Waals surface area contributed by atoms with E-state index in [-0.39, 0.29) is 34.8 Å². The van der Waals surface area contributed by atoms with E-state index in [1.807, 2.05) is 19.1 Å². The Morgan fingerprint density at radius 2 is 1.45 bits per heavy atom. The first-order valence-electron chi connectivity index (χ1n) is 13.0. The number of benzene rings is 4. The van der Waals surface area contributed by atoms with Crippen molar-refractivity contribution in [3.63, 3.8) is 0 Å². The maximum Gasteiger partial charge on any atom is 0.417 e. The molecule has 0 saturated carbocycles. The molecule has 4 aromatic carbocycles. The third-order valence-electron chi connectivity index (χ3n) is 6.81. The highest BCUT2D eigenvalue weighted by molar-refractivity contribution is 6.30. The summed E-state index contributed by atoms with van der Waals surface area (Å²) in [6.07, 6.45) is -4.68. The summed E-state index contributed by atoms with van der Waals surface area (Å²) in [5.41, 5.74) is 2.83. The van der Waals surface area contributed by atoms with E-state index in [0.29, 0.717) is 27.6 Å². The molecule has 0 bridgehead atoms. The number of hydrogen-bond donors (Lipinski definition) is 0. The van der Waals surface area contributed by atoms with Crippen molar-refractivity contribution < 1.29 is 22.3 Å². The summed E-state index contributed by atoms with van der Waals surface area (Å²) in [7, 11) is 0. The van der Waals surface area contributed by atoms with Crippen LogP contribution < -0.4 is 4.74 Å². The highest BCUT2D eigenvalue weighted by Crippen LogP contribution is 2.42. The second-order valence-electron chi connectivity index (χ2n) is 9.79. The molecule has 42 heavy (non-hydrogen) atoms. The van der Waals surface area contributed by atoms with E-state index in [1.165, 1.54) is 16.8 Å². The van der Waals surface area contributed by atoms with Gasteiger partial charge in [0.2, 0.25) is 0 Å². The van der Waals surface area contributed by atoms with Crippen LogP contribution in [0.1, 0.15) is 16.7 Å². The quantitative estimate of drug-likeness (QED) is 0.182. The van der Waals surface area contributed by atoms with Crippen LogP contribution in [0.4, 0.5) is 17.6 Å². The second kappa shape index (κ2) is 10.9. The van der Waals surface area contributed by atoms with Crippen LogP contribution in [0.2, 0.25) is 5.02 Å². The Kier molecular flexibility index (Phi) is 7.16. The number of nitrogens with zero attached hydrogens (tertiary/aromatic N) is 3. The van der Waals surface area contributed by atoms with E-state index in [1.54, 1.807) is 72.8 Å². The van der Waals surface area contributed by atoms with Gasteiger partial charge in [-0.2, -0.15) is 18.3 Å². The number of aromatic nitrogens is 3. The molecule has 0 aliphatic carbocycles. The fraction of sp³-hybridized carbons (Fsp3) is 0.0909. The van der Waals surface area contributed by atoms with Crippen molar-refractivity contribution in [2.24, 2.45) is 0 Å². The highest BCUT2D eigenvalue weighted by atomic mass is 35.5. The number of hydrogen-bond acceptors (Lipinski definition) is 3. The van der Waals surface area contributed by atoms with Crippen LogP contribution in [-0.4, -0.2) is 14.8 Å². The topological polar surface area (TPSA) is 39.9 Å². The molecule has 0 aliphatic heterocycles. The van der Waals surface area contributed by atoms with Gasteiger partial charge in [0.25, 0.3) is 0 Å². The van der Waals surface area contributed by atoms with Gasteiger partial charge in [-0.25, -0.2) is 14.1 Å². The summed E-state index contributed by atoms with van der Waals surface area (Å²) >= 11 is 6.05. The minimum atomic E-state index is -4.68. The molecular formula is C33H22ClF4N3O. The Labute approximate surface area is 243 Å². The SMILES string of the molecule is Cc1ccc(-n2nc(-c3ccc(Cl)cc3)c3c(C(F)(F)F)cc(-c4ccc(OCc5ccc(F)cc5)cc4)nc32)cc1. The lowest BCUT2D eigenvalue weighted by Gasteiger charge is -2.13. The van der Waals surface area contributed by atoms with Crippen LogP contribution in [0.15, 0.2) is 103 Å². The zero-order chi connectivity index (χ0) is 29.4. The van der Waals surface area contributed by atoms with Gasteiger partial charge < -0.3 is 4.74 Å². The number of fused-ring (bicyclic) bond motifs is 1. The van der Waals surface area contributed by atoms with Gasteiger partial charge in [-0.15, -0.1) is 0 Å². The zero-order valence-corrected chi connectivity index (χ0v) is 22.9. The normalized spacial score (nSPS) is 11.7. The molecule has 210 valence electrons. The summed E-state index contributed by atoms with van der Waals surface area (Å²) in [5, 5.41) is 5.00. The smallest absolute Gasteiger partial charge is 0.417 e. The zero-order valence-electron chi connectivity index (χ0n) is 22.2. The summed E-state index contributed by atoms with van der Waals surface area (Å²) in [5.74, 6) is 0.171. The predicted molar refractivity (Wildman–Crippen MR) is 155 cm³/mol. The Bertz CT molecular complexity index is 1860. The lowest BCUT2D eigenvalue weighted by atomic mass is 10.0. The summed E-state index contributed by atoms with van der Waals surface area (Å²) in [6.45, 7) is 2.14. The molecule has 0 aliphatic rings. The summed E-state index contributed by atoms with van der Waals surface area (Å²) in [4.78, 5) is 4.71. The highest BCUT2D eigenvalue weighted by Gasteiger charge is 2.36. The first-order chi connectivity index (χ1) is 20.2. The van der Waals surface area contributed by atoms with Crippen molar-refractivity contribution in [3.8, 4) is 34.0 Å². The summed E-state index contributed by atoms with van der Waals surface area (Å²) in [6, 6.07) is 27.5. The second-order valence-corrected chi connectivity index (χ2v) is 10.2. The Hall–Kier alpha value is -4.69. The Morgan fingerprint density at radius 3 is 2.10 bits per heavy atom. The lowest BCUT2D eigenvalue weighted by Crippen LogP contribution is -2.08.